The summed E-state index contributed by atoms with van der Waals surface area (Å²) >= 11 is 0. The van der Waals surface area contributed by atoms with Crippen molar-refractivity contribution in [2.45, 2.75) is 32.4 Å². The van der Waals surface area contributed by atoms with Crippen LogP contribution in [0.25, 0.3) is 0 Å². The van der Waals surface area contributed by atoms with Crippen LogP contribution in [0.3, 0.4) is 0 Å². The molecule has 2 aliphatic rings. The second-order valence-electron chi connectivity index (χ2n) is 7.21. The lowest BCUT2D eigenvalue weighted by atomic mass is 9.93. The summed E-state index contributed by atoms with van der Waals surface area (Å²) in [5.41, 5.74) is 3.14. The van der Waals surface area contributed by atoms with E-state index in [1.165, 1.54) is 0 Å². The van der Waals surface area contributed by atoms with E-state index in [1.807, 2.05) is 41.3 Å². The van der Waals surface area contributed by atoms with Crippen molar-refractivity contribution in [1.82, 2.24) is 0 Å². The maximum atomic E-state index is 12.2. The van der Waals surface area contributed by atoms with E-state index in [-0.39, 0.29) is 18.1 Å². The summed E-state index contributed by atoms with van der Waals surface area (Å²) in [6.07, 6.45) is 0.697. The second-order valence-corrected chi connectivity index (χ2v) is 7.21. The van der Waals surface area contributed by atoms with Gasteiger partial charge in [-0.2, -0.15) is 0 Å². The summed E-state index contributed by atoms with van der Waals surface area (Å²) in [6, 6.07) is 16.4. The van der Waals surface area contributed by atoms with E-state index in [4.69, 9.17) is 9.47 Å². The van der Waals surface area contributed by atoms with Gasteiger partial charge in [0.05, 0.1) is 24.6 Å². The van der Waals surface area contributed by atoms with Crippen molar-refractivity contribution in [3.63, 3.8) is 0 Å². The summed E-state index contributed by atoms with van der Waals surface area (Å²) in [4.78, 5) is 16.4. The summed E-state index contributed by atoms with van der Waals surface area (Å²) in [7, 11) is 0. The fraction of sp³-hybridized carbons (Fsp3) is 0.409. The van der Waals surface area contributed by atoms with Crippen LogP contribution >= 0.6 is 0 Å². The molecule has 0 radical (unpaired) electrons. The van der Waals surface area contributed by atoms with Crippen LogP contribution < -0.4 is 14.5 Å². The molecule has 2 heterocycles. The van der Waals surface area contributed by atoms with E-state index in [0.29, 0.717) is 0 Å². The Bertz CT molecular complexity index is 817. The first-order valence-corrected chi connectivity index (χ1v) is 9.62. The number of benzene rings is 2. The number of ether oxygens (including phenoxy) is 2. The minimum Gasteiger partial charge on any atom is -0.483 e. The second kappa shape index (κ2) is 7.61. The van der Waals surface area contributed by atoms with Gasteiger partial charge in [-0.15, -0.1) is 0 Å². The lowest BCUT2D eigenvalue weighted by Crippen LogP contribution is -2.43. The molecule has 2 aromatic carbocycles. The molecule has 5 nitrogen and oxygen atoms in total. The van der Waals surface area contributed by atoms with Crippen LogP contribution in [0.2, 0.25) is 0 Å². The number of rotatable bonds is 3. The minimum atomic E-state index is -0.0750. The first-order chi connectivity index (χ1) is 13.1. The normalized spacial score (nSPS) is 22.3. The molecule has 0 aliphatic carbocycles. The van der Waals surface area contributed by atoms with E-state index in [9.17, 15) is 4.79 Å². The Hall–Kier alpha value is -2.53. The number of fused-ring (bicyclic) bond motifs is 1. The zero-order valence-corrected chi connectivity index (χ0v) is 15.9. The molecule has 1 fully saturated rings. The van der Waals surface area contributed by atoms with Gasteiger partial charge in [0.15, 0.2) is 0 Å². The molecule has 2 aromatic rings. The van der Waals surface area contributed by atoms with Crippen molar-refractivity contribution in [1.29, 1.82) is 0 Å². The van der Waals surface area contributed by atoms with Gasteiger partial charge < -0.3 is 19.3 Å². The number of hydrogen-bond donors (Lipinski definition) is 0. The predicted molar refractivity (Wildman–Crippen MR) is 107 cm³/mol. The predicted octanol–water partition coefficient (Wildman–Crippen LogP) is 3.79. The SMILES string of the molecule is CC(=O)N1c2ccccc2C(Oc2ccccc2N2CCOCC2)CC1C. The number of carbonyl (C=O) groups excluding carboxylic acids is 1. The molecule has 27 heavy (non-hydrogen) atoms. The number of para-hydroxylation sites is 3. The Morgan fingerprint density at radius 3 is 2.44 bits per heavy atom. The van der Waals surface area contributed by atoms with Crippen molar-refractivity contribution in [2.24, 2.45) is 0 Å². The van der Waals surface area contributed by atoms with E-state index >= 15 is 0 Å². The van der Waals surface area contributed by atoms with Crippen LogP contribution in [-0.4, -0.2) is 38.3 Å². The van der Waals surface area contributed by atoms with E-state index in [1.54, 1.807) is 6.92 Å². The van der Waals surface area contributed by atoms with Crippen molar-refractivity contribution < 1.29 is 14.3 Å². The van der Waals surface area contributed by atoms with Crippen molar-refractivity contribution in [3.05, 3.63) is 54.1 Å². The highest BCUT2D eigenvalue weighted by Crippen LogP contribution is 2.41. The molecule has 4 rings (SSSR count). The van der Waals surface area contributed by atoms with Crippen LogP contribution in [0.4, 0.5) is 11.4 Å². The Kier molecular flexibility index (Phi) is 5.03. The molecule has 0 saturated carbocycles. The van der Waals surface area contributed by atoms with Crippen LogP contribution in [0.15, 0.2) is 48.5 Å². The number of anilines is 2. The van der Waals surface area contributed by atoms with Gasteiger partial charge in [0.25, 0.3) is 0 Å². The monoisotopic (exact) mass is 366 g/mol. The topological polar surface area (TPSA) is 42.0 Å². The summed E-state index contributed by atoms with van der Waals surface area (Å²) in [5, 5.41) is 0. The van der Waals surface area contributed by atoms with Crippen molar-refractivity contribution >= 4 is 17.3 Å². The highest BCUT2D eigenvalue weighted by atomic mass is 16.5. The largest absolute Gasteiger partial charge is 0.483 e. The third-order valence-electron chi connectivity index (χ3n) is 5.36. The van der Waals surface area contributed by atoms with Gasteiger partial charge in [-0.3, -0.25) is 4.79 Å². The molecule has 0 bridgehead atoms. The zero-order chi connectivity index (χ0) is 18.8. The third kappa shape index (κ3) is 3.52. The van der Waals surface area contributed by atoms with Gasteiger partial charge >= 0.3 is 0 Å². The molecule has 0 N–H and O–H groups in total. The van der Waals surface area contributed by atoms with Crippen molar-refractivity contribution in [3.8, 4) is 5.75 Å². The standard InChI is InChI=1S/C22H26N2O3/c1-16-15-22(18-7-3-4-8-19(18)24(16)17(2)25)27-21-10-6-5-9-20(21)23-11-13-26-14-12-23/h3-10,16,22H,11-15H2,1-2H3. The lowest BCUT2D eigenvalue weighted by Gasteiger charge is -2.39. The number of morpholine rings is 1. The van der Waals surface area contributed by atoms with Gasteiger partial charge in [-0.25, -0.2) is 0 Å². The maximum Gasteiger partial charge on any atom is 0.224 e. The highest BCUT2D eigenvalue weighted by molar-refractivity contribution is 5.93. The molecule has 2 aliphatic heterocycles. The van der Waals surface area contributed by atoms with E-state index < -0.39 is 0 Å². The average molecular weight is 366 g/mol. The lowest BCUT2D eigenvalue weighted by molar-refractivity contribution is -0.117. The molecule has 2 unspecified atom stereocenters. The Labute approximate surface area is 160 Å². The van der Waals surface area contributed by atoms with Gasteiger partial charge in [0, 0.05) is 38.0 Å². The molecule has 142 valence electrons. The van der Waals surface area contributed by atoms with Gasteiger partial charge in [-0.05, 0) is 25.1 Å². The van der Waals surface area contributed by atoms with Gasteiger partial charge in [-0.1, -0.05) is 30.3 Å². The molecular weight excluding hydrogens is 340 g/mol. The first kappa shape index (κ1) is 17.9. The number of amides is 1. The molecule has 1 saturated heterocycles. The van der Waals surface area contributed by atoms with Crippen molar-refractivity contribution in [2.75, 3.05) is 36.1 Å². The Morgan fingerprint density at radius 1 is 1.04 bits per heavy atom. The number of nitrogens with zero attached hydrogens (tertiary/aromatic N) is 2. The molecule has 2 atom stereocenters. The van der Waals surface area contributed by atoms with Gasteiger partial charge in [0.1, 0.15) is 11.9 Å². The van der Waals surface area contributed by atoms with E-state index in [2.05, 4.69) is 24.0 Å². The highest BCUT2D eigenvalue weighted by Gasteiger charge is 2.33. The Balaban J connectivity index is 1.65. The number of carbonyl (C=O) groups is 1. The zero-order valence-electron chi connectivity index (χ0n) is 15.9. The van der Waals surface area contributed by atoms with Crippen LogP contribution in [0.5, 0.6) is 5.75 Å². The van der Waals surface area contributed by atoms with Crippen LogP contribution in [0.1, 0.15) is 31.9 Å². The number of hydrogen-bond acceptors (Lipinski definition) is 4. The molecule has 0 spiro atoms. The van der Waals surface area contributed by atoms with Crippen LogP contribution in [0, 0.1) is 0 Å². The van der Waals surface area contributed by atoms with Gasteiger partial charge in [0.2, 0.25) is 5.91 Å². The molecule has 5 heteroatoms. The minimum absolute atomic E-state index is 0.0714. The summed E-state index contributed by atoms with van der Waals surface area (Å²) in [6.45, 7) is 6.94. The fourth-order valence-corrected chi connectivity index (χ4v) is 4.13. The maximum absolute atomic E-state index is 12.2. The fourth-order valence-electron chi connectivity index (χ4n) is 4.13. The van der Waals surface area contributed by atoms with Crippen LogP contribution in [-0.2, 0) is 9.53 Å². The molecule has 0 aromatic heterocycles. The summed E-state index contributed by atoms with van der Waals surface area (Å²) in [5.74, 6) is 0.963. The van der Waals surface area contributed by atoms with E-state index in [0.717, 1.165) is 55.4 Å². The molecular formula is C22H26N2O3. The quantitative estimate of drug-likeness (QED) is 0.829. The molecule has 1 amide bonds. The first-order valence-electron chi connectivity index (χ1n) is 9.62. The smallest absolute Gasteiger partial charge is 0.224 e. The Morgan fingerprint density at radius 2 is 1.70 bits per heavy atom. The summed E-state index contributed by atoms with van der Waals surface area (Å²) < 4.78 is 12.0. The average Bonchev–Trinajstić information content (AvgIpc) is 2.69. The third-order valence-corrected chi connectivity index (χ3v) is 5.36.